The third-order valence-electron chi connectivity index (χ3n) is 6.23. The molecule has 158 valence electrons. The van der Waals surface area contributed by atoms with Gasteiger partial charge in [0.1, 0.15) is 11.5 Å². The van der Waals surface area contributed by atoms with E-state index in [1.54, 1.807) is 30.1 Å². The van der Waals surface area contributed by atoms with Gasteiger partial charge in [-0.25, -0.2) is 4.39 Å². The molecule has 1 unspecified atom stereocenters. The smallest absolute Gasteiger partial charge is 0.369 e. The molecular formula is C22H14BClF2N4O2. The lowest BCUT2D eigenvalue weighted by Crippen LogP contribution is -2.62. The van der Waals surface area contributed by atoms with Crippen LogP contribution in [0.1, 0.15) is 21.6 Å². The number of carbonyl (C=O) groups is 1. The number of aromatic nitrogens is 3. The fourth-order valence-electron chi connectivity index (χ4n) is 4.78. The molecule has 32 heavy (non-hydrogen) atoms. The average Bonchev–Trinajstić information content (AvgIpc) is 3.24. The third kappa shape index (κ3) is 2.40. The summed E-state index contributed by atoms with van der Waals surface area (Å²) in [6, 6.07) is 9.17. The van der Waals surface area contributed by atoms with Gasteiger partial charge in [0.25, 0.3) is 5.91 Å². The number of benzene rings is 2. The Bertz CT molecular complexity index is 1480. The van der Waals surface area contributed by atoms with Crippen LogP contribution < -0.4 is 5.46 Å². The van der Waals surface area contributed by atoms with Crippen molar-refractivity contribution in [1.29, 1.82) is 0 Å². The van der Waals surface area contributed by atoms with E-state index in [9.17, 15) is 9.90 Å². The van der Waals surface area contributed by atoms with Crippen molar-refractivity contribution in [2.45, 2.75) is 12.2 Å². The molecule has 0 spiro atoms. The molecule has 10 heteroatoms. The second-order valence-electron chi connectivity index (χ2n) is 8.09. The van der Waals surface area contributed by atoms with E-state index in [0.29, 0.717) is 21.7 Å². The summed E-state index contributed by atoms with van der Waals surface area (Å²) in [6.07, 6.45) is 3.16. The highest BCUT2D eigenvalue weighted by molar-refractivity contribution is 6.70. The number of amides is 1. The van der Waals surface area contributed by atoms with Crippen LogP contribution in [0.2, 0.25) is 5.02 Å². The first-order valence-electron chi connectivity index (χ1n) is 9.88. The van der Waals surface area contributed by atoms with E-state index in [1.165, 1.54) is 30.5 Å². The fraction of sp³-hybridized carbons (Fsp3) is 0.136. The van der Waals surface area contributed by atoms with E-state index in [4.69, 9.17) is 11.6 Å². The number of carbonyl (C=O) groups excluding carboxylic acids is 1. The van der Waals surface area contributed by atoms with Crippen molar-refractivity contribution >= 4 is 40.9 Å². The topological polar surface area (TPSA) is 71.2 Å². The highest BCUT2D eigenvalue weighted by Gasteiger charge is 2.62. The summed E-state index contributed by atoms with van der Waals surface area (Å²) < 4.78 is 32.8. The molecule has 6 rings (SSSR count). The molecule has 6 nitrogen and oxygen atoms in total. The summed E-state index contributed by atoms with van der Waals surface area (Å²) in [5.41, 5.74) is -0.654. The predicted octanol–water partition coefficient (Wildman–Crippen LogP) is 2.95. The van der Waals surface area contributed by atoms with Gasteiger partial charge in [-0.2, -0.15) is 5.10 Å². The van der Waals surface area contributed by atoms with E-state index in [2.05, 4.69) is 10.1 Å². The number of halogens is 3. The lowest BCUT2D eigenvalue weighted by atomic mass is 9.50. The maximum absolute atomic E-state index is 15.9. The molecule has 1 amide bonds. The van der Waals surface area contributed by atoms with Gasteiger partial charge < -0.3 is 14.3 Å². The van der Waals surface area contributed by atoms with Gasteiger partial charge >= 0.3 is 6.99 Å². The summed E-state index contributed by atoms with van der Waals surface area (Å²) >= 11 is 6.25. The SMILES string of the molecule is Cn1cc2c(-c3cc(F)c4c(c3)B(F)C3(O)c5ncccc5C(=O)N3C4)cc(Cl)cc2n1. The second-order valence-corrected chi connectivity index (χ2v) is 8.53. The van der Waals surface area contributed by atoms with Gasteiger partial charge in [0, 0.05) is 35.4 Å². The molecule has 4 heterocycles. The second kappa shape index (κ2) is 6.37. The third-order valence-corrected chi connectivity index (χ3v) is 6.45. The van der Waals surface area contributed by atoms with Crippen molar-refractivity contribution in [3.8, 4) is 11.1 Å². The van der Waals surface area contributed by atoms with Gasteiger partial charge in [0.2, 0.25) is 0 Å². The predicted molar refractivity (Wildman–Crippen MR) is 116 cm³/mol. The van der Waals surface area contributed by atoms with Crippen LogP contribution >= 0.6 is 11.6 Å². The molecule has 0 fully saturated rings. The highest BCUT2D eigenvalue weighted by Crippen LogP contribution is 2.43. The zero-order valence-electron chi connectivity index (χ0n) is 16.7. The molecule has 0 radical (unpaired) electrons. The number of pyridine rings is 1. The van der Waals surface area contributed by atoms with Gasteiger partial charge in [-0.3, -0.25) is 14.5 Å². The van der Waals surface area contributed by atoms with E-state index in [0.717, 1.165) is 10.3 Å². The summed E-state index contributed by atoms with van der Waals surface area (Å²) in [6.45, 7) is -2.37. The minimum Gasteiger partial charge on any atom is -0.369 e. The highest BCUT2D eigenvalue weighted by atomic mass is 35.5. The first-order chi connectivity index (χ1) is 15.3. The minimum atomic E-state index is -2.30. The van der Waals surface area contributed by atoms with E-state index >= 15 is 8.71 Å². The maximum Gasteiger partial charge on any atom is 0.444 e. The number of nitrogens with zero attached hydrogens (tertiary/aromatic N) is 4. The van der Waals surface area contributed by atoms with Crippen molar-refractivity contribution in [3.63, 3.8) is 0 Å². The number of fused-ring (bicyclic) bond motifs is 5. The Morgan fingerprint density at radius 2 is 2.06 bits per heavy atom. The normalized spacial score (nSPS) is 19.3. The zero-order chi connectivity index (χ0) is 22.4. The Morgan fingerprint density at radius 1 is 1.25 bits per heavy atom. The Morgan fingerprint density at radius 3 is 2.88 bits per heavy atom. The molecule has 1 N–H and O–H groups in total. The van der Waals surface area contributed by atoms with Crippen LogP contribution in [0.4, 0.5) is 8.71 Å². The summed E-state index contributed by atoms with van der Waals surface area (Å²) in [4.78, 5) is 17.8. The molecule has 0 bridgehead atoms. The van der Waals surface area contributed by atoms with Gasteiger partial charge in [-0.1, -0.05) is 17.7 Å². The summed E-state index contributed by atoms with van der Waals surface area (Å²) in [5, 5.41) is 16.8. The van der Waals surface area contributed by atoms with Gasteiger partial charge in [-0.15, -0.1) is 0 Å². The molecule has 1 atom stereocenters. The van der Waals surface area contributed by atoms with Crippen LogP contribution in [0.5, 0.6) is 0 Å². The van der Waals surface area contributed by atoms with Crippen LogP contribution in [0.25, 0.3) is 22.0 Å². The van der Waals surface area contributed by atoms with Crippen molar-refractivity contribution in [2.75, 3.05) is 0 Å². The molecule has 0 saturated heterocycles. The quantitative estimate of drug-likeness (QED) is 0.453. The van der Waals surface area contributed by atoms with Gasteiger partial charge in [0.05, 0.1) is 17.6 Å². The maximum atomic E-state index is 15.9. The lowest BCUT2D eigenvalue weighted by molar-refractivity contribution is -0.0352. The van der Waals surface area contributed by atoms with Crippen LogP contribution in [-0.2, 0) is 19.2 Å². The number of aliphatic hydroxyl groups is 1. The van der Waals surface area contributed by atoms with E-state index in [1.807, 2.05) is 0 Å². The van der Waals surface area contributed by atoms with Crippen molar-refractivity contribution in [2.24, 2.45) is 7.05 Å². The minimum absolute atomic E-state index is 0.0246. The first kappa shape index (κ1) is 19.4. The van der Waals surface area contributed by atoms with Gasteiger partial charge in [-0.05, 0) is 46.9 Å². The fourth-order valence-corrected chi connectivity index (χ4v) is 4.99. The molecule has 2 aliphatic heterocycles. The monoisotopic (exact) mass is 450 g/mol. The molecule has 0 aliphatic carbocycles. The number of aryl methyl sites for hydroxylation is 1. The molecule has 2 aliphatic rings. The van der Waals surface area contributed by atoms with Crippen molar-refractivity contribution in [1.82, 2.24) is 19.7 Å². The van der Waals surface area contributed by atoms with Crippen molar-refractivity contribution < 1.29 is 18.6 Å². The molecule has 2 aromatic carbocycles. The molecule has 2 aromatic heterocycles. The zero-order valence-corrected chi connectivity index (χ0v) is 17.4. The number of hydrogen-bond donors (Lipinski definition) is 1. The van der Waals surface area contributed by atoms with Crippen LogP contribution in [-0.4, -0.2) is 37.7 Å². The molecule has 4 aromatic rings. The van der Waals surface area contributed by atoms with Crippen LogP contribution in [0.3, 0.4) is 0 Å². The van der Waals surface area contributed by atoms with Crippen molar-refractivity contribution in [3.05, 3.63) is 76.5 Å². The Hall–Kier alpha value is -3.30. The Balaban J connectivity index is 1.57. The van der Waals surface area contributed by atoms with E-state index in [-0.39, 0.29) is 28.8 Å². The summed E-state index contributed by atoms with van der Waals surface area (Å²) in [5.74, 6) is -1.25. The Kier molecular flexibility index (Phi) is 3.86. The standard InChI is InChI=1S/C22H14BClF2N4O2/c1-29-9-15-14(7-12(24)8-19(15)28-29)11-5-17-16(18(25)6-11)10-30-21(31)13-3-2-4-27-20(13)22(30,32)23(17)26/h2-9,32H,10H2,1H3. The van der Waals surface area contributed by atoms with E-state index < -0.39 is 24.3 Å². The first-order valence-corrected chi connectivity index (χ1v) is 10.3. The molecule has 0 saturated carbocycles. The summed E-state index contributed by atoms with van der Waals surface area (Å²) in [7, 11) is 1.76. The van der Waals surface area contributed by atoms with Gasteiger partial charge in [0.15, 0.2) is 5.62 Å². The Labute approximate surface area is 186 Å². The lowest BCUT2D eigenvalue weighted by Gasteiger charge is -2.39. The largest absolute Gasteiger partial charge is 0.444 e. The van der Waals surface area contributed by atoms with Crippen LogP contribution in [0, 0.1) is 5.82 Å². The average molecular weight is 451 g/mol. The molecular weight excluding hydrogens is 437 g/mol. The number of rotatable bonds is 1. The number of hydrogen-bond acceptors (Lipinski definition) is 4. The van der Waals surface area contributed by atoms with Crippen LogP contribution in [0.15, 0.2) is 48.8 Å².